The number of likely N-dealkylation sites (tertiary alicyclic amines) is 1. The highest BCUT2D eigenvalue weighted by Gasteiger charge is 2.44. The molecule has 102 valence electrons. The highest BCUT2D eigenvalue weighted by Crippen LogP contribution is 2.38. The molecule has 1 aliphatic heterocycles. The molecule has 0 spiro atoms. The van der Waals surface area contributed by atoms with Gasteiger partial charge in [0.05, 0.1) is 6.04 Å². The zero-order valence-electron chi connectivity index (χ0n) is 10.3. The minimum absolute atomic E-state index is 0.0759. The molecular weight excluding hydrogens is 252 g/mol. The Balaban J connectivity index is 1.67. The van der Waals surface area contributed by atoms with Crippen LogP contribution in [0.4, 0.5) is 14.6 Å². The highest BCUT2D eigenvalue weighted by atomic mass is 19.3. The Bertz CT molecular complexity index is 465. The number of nitrogens with one attached hydrogen (secondary N) is 1. The van der Waals surface area contributed by atoms with Gasteiger partial charge in [-0.15, -0.1) is 0 Å². The summed E-state index contributed by atoms with van der Waals surface area (Å²) in [7, 11) is 0. The molecule has 1 saturated heterocycles. The molecule has 0 unspecified atom stereocenters. The lowest BCUT2D eigenvalue weighted by atomic mass is 10.1. The summed E-state index contributed by atoms with van der Waals surface area (Å²) in [6.07, 6.45) is 1.62. The van der Waals surface area contributed by atoms with Gasteiger partial charge in [0, 0.05) is 24.3 Å². The van der Waals surface area contributed by atoms with Crippen LogP contribution in [0, 0.1) is 5.92 Å². The van der Waals surface area contributed by atoms with Crippen molar-refractivity contribution in [3.8, 4) is 0 Å². The van der Waals surface area contributed by atoms with Gasteiger partial charge in [-0.3, -0.25) is 4.79 Å². The molecule has 1 saturated carbocycles. The molecule has 1 N–H and O–H groups in total. The van der Waals surface area contributed by atoms with Crippen LogP contribution >= 0.6 is 0 Å². The molecule has 2 bridgehead atoms. The van der Waals surface area contributed by atoms with E-state index in [0.717, 1.165) is 25.8 Å². The van der Waals surface area contributed by atoms with Crippen LogP contribution in [0.15, 0.2) is 18.3 Å². The van der Waals surface area contributed by atoms with E-state index >= 15 is 0 Å². The monoisotopic (exact) mass is 267 g/mol. The van der Waals surface area contributed by atoms with Gasteiger partial charge in [-0.2, -0.15) is 0 Å². The molecule has 1 amide bonds. The summed E-state index contributed by atoms with van der Waals surface area (Å²) in [5.41, 5.74) is -0.0759. The third kappa shape index (κ3) is 2.27. The normalized spacial score (nSPS) is 29.0. The summed E-state index contributed by atoms with van der Waals surface area (Å²) in [6.45, 7) is 0.837. The molecule has 0 radical (unpaired) electrons. The number of hydrogen-bond acceptors (Lipinski definition) is 3. The van der Waals surface area contributed by atoms with Gasteiger partial charge in [-0.1, -0.05) is 0 Å². The number of hydrogen-bond donors (Lipinski definition) is 1. The van der Waals surface area contributed by atoms with Gasteiger partial charge in [-0.25, -0.2) is 13.8 Å². The van der Waals surface area contributed by atoms with Crippen LogP contribution < -0.4 is 5.32 Å². The first kappa shape index (κ1) is 12.3. The maximum absolute atomic E-state index is 12.4. The Kier molecular flexibility index (Phi) is 3.08. The van der Waals surface area contributed by atoms with Crippen LogP contribution in [0.3, 0.4) is 0 Å². The Hall–Kier alpha value is -1.72. The van der Waals surface area contributed by atoms with Crippen molar-refractivity contribution in [2.75, 3.05) is 11.9 Å². The summed E-state index contributed by atoms with van der Waals surface area (Å²) in [5.74, 6) is 1.14. The predicted molar refractivity (Wildman–Crippen MR) is 65.9 cm³/mol. The zero-order chi connectivity index (χ0) is 13.4. The van der Waals surface area contributed by atoms with Gasteiger partial charge in [0.15, 0.2) is 0 Å². The summed E-state index contributed by atoms with van der Waals surface area (Å²) >= 11 is 0. The van der Waals surface area contributed by atoms with E-state index in [0.29, 0.717) is 11.7 Å². The maximum atomic E-state index is 12.4. The molecule has 6 heteroatoms. The zero-order valence-corrected chi connectivity index (χ0v) is 10.3. The topological polar surface area (TPSA) is 45.2 Å². The fraction of sp³-hybridized carbons (Fsp3) is 0.538. The number of carbonyl (C=O) groups excluding carboxylic acids is 1. The standard InChI is InChI=1S/C13H15F2N3O/c14-13(15)9-1-2-12(16-5-9)17-10-3-8-4-11(10)18(6-8)7-19/h1-2,5,7-8,10-11,13H,3-4,6H2,(H,16,17)/t8-,10+,11-/m0/s1. The average molecular weight is 267 g/mol. The summed E-state index contributed by atoms with van der Waals surface area (Å²) in [4.78, 5) is 16.7. The molecule has 2 fully saturated rings. The van der Waals surface area contributed by atoms with Crippen LogP contribution in [-0.2, 0) is 4.79 Å². The van der Waals surface area contributed by atoms with E-state index in [2.05, 4.69) is 10.3 Å². The second kappa shape index (κ2) is 4.75. The molecule has 1 aromatic heterocycles. The van der Waals surface area contributed by atoms with E-state index in [1.807, 2.05) is 4.90 Å². The number of halogens is 2. The first-order chi connectivity index (χ1) is 9.17. The highest BCUT2D eigenvalue weighted by molar-refractivity contribution is 5.50. The Morgan fingerprint density at radius 1 is 1.42 bits per heavy atom. The van der Waals surface area contributed by atoms with E-state index in [9.17, 15) is 13.6 Å². The molecular formula is C13H15F2N3O. The average Bonchev–Trinajstić information content (AvgIpc) is 2.98. The van der Waals surface area contributed by atoms with Crippen molar-refractivity contribution in [1.82, 2.24) is 9.88 Å². The number of piperidine rings is 1. The molecule has 19 heavy (non-hydrogen) atoms. The quantitative estimate of drug-likeness (QED) is 0.849. The number of carbonyl (C=O) groups is 1. The van der Waals surface area contributed by atoms with Gasteiger partial charge < -0.3 is 10.2 Å². The number of pyridine rings is 1. The Labute approximate surface area is 109 Å². The van der Waals surface area contributed by atoms with Crippen molar-refractivity contribution < 1.29 is 13.6 Å². The van der Waals surface area contributed by atoms with Crippen molar-refractivity contribution in [1.29, 1.82) is 0 Å². The molecule has 3 atom stereocenters. The Morgan fingerprint density at radius 2 is 2.26 bits per heavy atom. The summed E-state index contributed by atoms with van der Waals surface area (Å²) in [6, 6.07) is 3.33. The molecule has 1 aromatic rings. The lowest BCUT2D eigenvalue weighted by Crippen LogP contribution is -2.44. The summed E-state index contributed by atoms with van der Waals surface area (Å²) in [5, 5.41) is 3.25. The maximum Gasteiger partial charge on any atom is 0.265 e. The fourth-order valence-electron chi connectivity index (χ4n) is 3.15. The van der Waals surface area contributed by atoms with Crippen LogP contribution in [-0.4, -0.2) is 34.9 Å². The largest absolute Gasteiger partial charge is 0.365 e. The van der Waals surface area contributed by atoms with Gasteiger partial charge in [0.2, 0.25) is 6.41 Å². The van der Waals surface area contributed by atoms with Crippen molar-refractivity contribution in [2.24, 2.45) is 5.92 Å². The van der Waals surface area contributed by atoms with E-state index in [-0.39, 0.29) is 17.6 Å². The molecule has 0 aromatic carbocycles. The lowest BCUT2D eigenvalue weighted by Gasteiger charge is -2.31. The van der Waals surface area contributed by atoms with E-state index in [1.165, 1.54) is 12.3 Å². The van der Waals surface area contributed by atoms with Crippen LogP contribution in [0.5, 0.6) is 0 Å². The fourth-order valence-corrected chi connectivity index (χ4v) is 3.15. The minimum atomic E-state index is -2.49. The first-order valence-corrected chi connectivity index (χ1v) is 6.39. The number of nitrogens with zero attached hydrogens (tertiary/aromatic N) is 2. The molecule has 3 rings (SSSR count). The lowest BCUT2D eigenvalue weighted by molar-refractivity contribution is -0.119. The Morgan fingerprint density at radius 3 is 2.84 bits per heavy atom. The van der Waals surface area contributed by atoms with E-state index in [1.54, 1.807) is 6.07 Å². The molecule has 1 aliphatic carbocycles. The number of aromatic nitrogens is 1. The second-order valence-electron chi connectivity index (χ2n) is 5.24. The van der Waals surface area contributed by atoms with Gasteiger partial charge in [0.25, 0.3) is 6.43 Å². The minimum Gasteiger partial charge on any atom is -0.365 e. The van der Waals surface area contributed by atoms with Crippen molar-refractivity contribution >= 4 is 12.2 Å². The van der Waals surface area contributed by atoms with E-state index in [4.69, 9.17) is 0 Å². The summed E-state index contributed by atoms with van der Waals surface area (Å²) < 4.78 is 24.8. The smallest absolute Gasteiger partial charge is 0.265 e. The predicted octanol–water partition coefficient (Wildman–Crippen LogP) is 2.05. The van der Waals surface area contributed by atoms with Gasteiger partial charge in [-0.05, 0) is 30.9 Å². The number of anilines is 1. The SMILES string of the molecule is O=CN1C[C@H]2C[C@@H](Nc3ccc(C(F)F)cn3)[C@@H]1C2. The molecule has 2 aliphatic rings. The molecule has 4 nitrogen and oxygen atoms in total. The number of rotatable bonds is 4. The van der Waals surface area contributed by atoms with Crippen LogP contribution in [0.1, 0.15) is 24.8 Å². The number of amides is 1. The number of alkyl halides is 2. The number of fused-ring (bicyclic) bond motifs is 2. The third-order valence-electron chi connectivity index (χ3n) is 4.03. The van der Waals surface area contributed by atoms with Gasteiger partial charge >= 0.3 is 0 Å². The van der Waals surface area contributed by atoms with Crippen LogP contribution in [0.2, 0.25) is 0 Å². The van der Waals surface area contributed by atoms with Gasteiger partial charge in [0.1, 0.15) is 5.82 Å². The third-order valence-corrected chi connectivity index (χ3v) is 4.03. The van der Waals surface area contributed by atoms with Crippen molar-refractivity contribution in [3.05, 3.63) is 23.9 Å². The van der Waals surface area contributed by atoms with Crippen molar-refractivity contribution in [3.63, 3.8) is 0 Å². The van der Waals surface area contributed by atoms with Crippen molar-refractivity contribution in [2.45, 2.75) is 31.4 Å². The second-order valence-corrected chi connectivity index (χ2v) is 5.24. The van der Waals surface area contributed by atoms with Crippen LogP contribution in [0.25, 0.3) is 0 Å². The molecule has 2 heterocycles. The first-order valence-electron chi connectivity index (χ1n) is 6.39. The van der Waals surface area contributed by atoms with E-state index < -0.39 is 6.43 Å².